The summed E-state index contributed by atoms with van der Waals surface area (Å²) in [5.41, 5.74) is 12.7. The molecule has 11 rings (SSSR count). The largest absolute Gasteiger partial charge is 0.435 e. The standard InChI is InChI=1S/C54H40N4O/c1-53(2)44-22-14-13-20-40(44)43-31-37(27-29-45(43)54(53,3)4)39-19-11-12-21-41(39)51-57-49(35-15-7-5-8-16-35)56-50(58-51)38-26-24-33-23-25-34-28-30-46-48(47(34)42(33)32-38)59-52(55-46)36-17-9-6-10-18-36/h5-32H,1-4H3. The molecule has 0 saturated carbocycles. The van der Waals surface area contributed by atoms with E-state index in [0.717, 1.165) is 66.0 Å². The van der Waals surface area contributed by atoms with Gasteiger partial charge in [0.1, 0.15) is 5.52 Å². The van der Waals surface area contributed by atoms with Crippen molar-refractivity contribution in [2.45, 2.75) is 38.5 Å². The van der Waals surface area contributed by atoms with Gasteiger partial charge in [0.25, 0.3) is 0 Å². The molecule has 2 aromatic heterocycles. The Balaban J connectivity index is 1.09. The van der Waals surface area contributed by atoms with Crippen molar-refractivity contribution in [1.29, 1.82) is 0 Å². The van der Waals surface area contributed by atoms with Gasteiger partial charge in [-0.2, -0.15) is 0 Å². The van der Waals surface area contributed by atoms with Gasteiger partial charge in [-0.3, -0.25) is 0 Å². The number of fused-ring (bicyclic) bond motifs is 8. The van der Waals surface area contributed by atoms with Crippen LogP contribution in [0.1, 0.15) is 38.8 Å². The second-order valence-electron chi connectivity index (χ2n) is 16.7. The lowest BCUT2D eigenvalue weighted by Gasteiger charge is -2.48. The van der Waals surface area contributed by atoms with Crippen LogP contribution in [0.3, 0.4) is 0 Å². The van der Waals surface area contributed by atoms with E-state index in [0.29, 0.717) is 23.4 Å². The van der Waals surface area contributed by atoms with Gasteiger partial charge in [0.2, 0.25) is 5.89 Å². The van der Waals surface area contributed by atoms with Crippen LogP contribution in [0.25, 0.3) is 101 Å². The van der Waals surface area contributed by atoms with E-state index in [9.17, 15) is 0 Å². The Labute approximate surface area is 343 Å². The molecule has 0 saturated heterocycles. The van der Waals surface area contributed by atoms with Crippen molar-refractivity contribution in [3.05, 3.63) is 181 Å². The Morgan fingerprint density at radius 1 is 0.390 bits per heavy atom. The van der Waals surface area contributed by atoms with Crippen molar-refractivity contribution >= 4 is 32.6 Å². The van der Waals surface area contributed by atoms with Crippen molar-refractivity contribution < 1.29 is 4.42 Å². The van der Waals surface area contributed by atoms with E-state index in [1.165, 1.54) is 22.3 Å². The van der Waals surface area contributed by atoms with E-state index < -0.39 is 0 Å². The van der Waals surface area contributed by atoms with Gasteiger partial charge < -0.3 is 4.42 Å². The normalized spacial score (nSPS) is 14.0. The number of hydrogen-bond acceptors (Lipinski definition) is 5. The molecule has 0 radical (unpaired) electrons. The third-order valence-corrected chi connectivity index (χ3v) is 12.9. The molecule has 0 spiro atoms. The highest BCUT2D eigenvalue weighted by Gasteiger charge is 2.45. The molecule has 0 fully saturated rings. The molecule has 5 heteroatoms. The Morgan fingerprint density at radius 3 is 1.71 bits per heavy atom. The van der Waals surface area contributed by atoms with Crippen LogP contribution in [0.5, 0.6) is 0 Å². The fraction of sp³-hybridized carbons (Fsp3) is 0.111. The smallest absolute Gasteiger partial charge is 0.227 e. The summed E-state index contributed by atoms with van der Waals surface area (Å²) in [6.07, 6.45) is 0. The van der Waals surface area contributed by atoms with Crippen molar-refractivity contribution in [2.75, 3.05) is 0 Å². The Morgan fingerprint density at radius 2 is 0.949 bits per heavy atom. The zero-order valence-corrected chi connectivity index (χ0v) is 33.4. The maximum Gasteiger partial charge on any atom is 0.227 e. The molecule has 59 heavy (non-hydrogen) atoms. The molecule has 0 amide bonds. The van der Waals surface area contributed by atoms with Crippen LogP contribution in [-0.2, 0) is 10.8 Å². The summed E-state index contributed by atoms with van der Waals surface area (Å²) >= 11 is 0. The summed E-state index contributed by atoms with van der Waals surface area (Å²) in [6, 6.07) is 59.4. The highest BCUT2D eigenvalue weighted by atomic mass is 16.3. The lowest BCUT2D eigenvalue weighted by Crippen LogP contribution is -2.43. The van der Waals surface area contributed by atoms with E-state index in [1.54, 1.807) is 0 Å². The molecule has 0 bridgehead atoms. The van der Waals surface area contributed by atoms with E-state index in [2.05, 4.69) is 143 Å². The average Bonchev–Trinajstić information content (AvgIpc) is 3.73. The van der Waals surface area contributed by atoms with Crippen molar-refractivity contribution in [2.24, 2.45) is 0 Å². The van der Waals surface area contributed by atoms with Gasteiger partial charge in [-0.15, -0.1) is 0 Å². The van der Waals surface area contributed by atoms with Gasteiger partial charge >= 0.3 is 0 Å². The molecular formula is C54H40N4O. The van der Waals surface area contributed by atoms with Crippen LogP contribution in [0.2, 0.25) is 0 Å². The fourth-order valence-electron chi connectivity index (χ4n) is 9.05. The van der Waals surface area contributed by atoms with E-state index in [-0.39, 0.29) is 10.8 Å². The Bertz CT molecular complexity index is 3270. The average molecular weight is 761 g/mol. The van der Waals surface area contributed by atoms with Crippen LogP contribution >= 0.6 is 0 Å². The number of rotatable bonds is 5. The topological polar surface area (TPSA) is 64.7 Å². The van der Waals surface area contributed by atoms with Gasteiger partial charge in [-0.1, -0.05) is 167 Å². The SMILES string of the molecule is CC1(C)c2ccccc2-c2cc(-c3ccccc3-c3nc(-c4ccccc4)nc(-c4ccc5ccc6ccc7nc(-c8ccccc8)oc7c6c5c4)n3)ccc2C1(C)C. The molecule has 8 aromatic carbocycles. The zero-order chi connectivity index (χ0) is 39.9. The first-order valence-corrected chi connectivity index (χ1v) is 20.2. The van der Waals surface area contributed by atoms with Crippen LogP contribution in [-0.4, -0.2) is 19.9 Å². The van der Waals surface area contributed by atoms with Crippen LogP contribution in [0.4, 0.5) is 0 Å². The van der Waals surface area contributed by atoms with Crippen LogP contribution in [0, 0.1) is 0 Å². The third kappa shape index (κ3) is 5.53. The predicted molar refractivity (Wildman–Crippen MR) is 241 cm³/mol. The maximum atomic E-state index is 6.55. The number of hydrogen-bond donors (Lipinski definition) is 0. The van der Waals surface area contributed by atoms with E-state index in [4.69, 9.17) is 24.4 Å². The minimum atomic E-state index is -0.0724. The number of oxazole rings is 1. The van der Waals surface area contributed by atoms with E-state index >= 15 is 0 Å². The van der Waals surface area contributed by atoms with E-state index in [1.807, 2.05) is 54.6 Å². The Kier molecular flexibility index (Phi) is 7.79. The molecule has 282 valence electrons. The number of benzene rings is 8. The van der Waals surface area contributed by atoms with Crippen molar-refractivity contribution in [1.82, 2.24) is 19.9 Å². The molecular weight excluding hydrogens is 721 g/mol. The van der Waals surface area contributed by atoms with Gasteiger partial charge in [0.15, 0.2) is 23.1 Å². The van der Waals surface area contributed by atoms with Crippen molar-refractivity contribution in [3.63, 3.8) is 0 Å². The molecule has 1 aliphatic rings. The second-order valence-corrected chi connectivity index (χ2v) is 16.7. The summed E-state index contributed by atoms with van der Waals surface area (Å²) in [4.78, 5) is 20.5. The highest BCUT2D eigenvalue weighted by molar-refractivity contribution is 6.18. The summed E-state index contributed by atoms with van der Waals surface area (Å²) in [5.74, 6) is 2.44. The minimum absolute atomic E-state index is 0.0356. The van der Waals surface area contributed by atoms with Gasteiger partial charge in [-0.25, -0.2) is 19.9 Å². The summed E-state index contributed by atoms with van der Waals surface area (Å²) in [5, 5.41) is 4.23. The van der Waals surface area contributed by atoms with Gasteiger partial charge in [0, 0.05) is 27.6 Å². The number of nitrogens with zero attached hydrogens (tertiary/aromatic N) is 4. The molecule has 0 unspecified atom stereocenters. The molecule has 0 N–H and O–H groups in total. The summed E-state index contributed by atoms with van der Waals surface area (Å²) in [7, 11) is 0. The molecule has 1 aliphatic carbocycles. The number of aromatic nitrogens is 4. The molecule has 0 atom stereocenters. The van der Waals surface area contributed by atoms with Crippen LogP contribution < -0.4 is 0 Å². The summed E-state index contributed by atoms with van der Waals surface area (Å²) < 4.78 is 6.55. The minimum Gasteiger partial charge on any atom is -0.435 e. The highest BCUT2D eigenvalue weighted by Crippen LogP contribution is 2.54. The lowest BCUT2D eigenvalue weighted by molar-refractivity contribution is 0.299. The monoisotopic (exact) mass is 760 g/mol. The summed E-state index contributed by atoms with van der Waals surface area (Å²) in [6.45, 7) is 9.49. The third-order valence-electron chi connectivity index (χ3n) is 12.9. The molecule has 0 aliphatic heterocycles. The quantitative estimate of drug-likeness (QED) is 0.163. The Hall–Kier alpha value is -7.24. The first-order valence-electron chi connectivity index (χ1n) is 20.2. The van der Waals surface area contributed by atoms with Crippen LogP contribution in [0.15, 0.2) is 174 Å². The molecule has 5 nitrogen and oxygen atoms in total. The molecule has 10 aromatic rings. The fourth-order valence-corrected chi connectivity index (χ4v) is 9.05. The maximum absolute atomic E-state index is 6.55. The lowest BCUT2D eigenvalue weighted by atomic mass is 9.55. The first-order chi connectivity index (χ1) is 28.7. The predicted octanol–water partition coefficient (Wildman–Crippen LogP) is 13.9. The second kappa shape index (κ2) is 13.2. The van der Waals surface area contributed by atoms with Crippen molar-refractivity contribution in [3.8, 4) is 67.9 Å². The first kappa shape index (κ1) is 35.0. The van der Waals surface area contributed by atoms with Gasteiger partial charge in [0.05, 0.1) is 0 Å². The van der Waals surface area contributed by atoms with Gasteiger partial charge in [-0.05, 0) is 90.7 Å². The zero-order valence-electron chi connectivity index (χ0n) is 33.4. The molecule has 2 heterocycles.